The second-order valence-corrected chi connectivity index (χ2v) is 14.0. The van der Waals surface area contributed by atoms with Crippen LogP contribution in [0.4, 0.5) is 0 Å². The third-order valence-corrected chi connectivity index (χ3v) is 8.33. The van der Waals surface area contributed by atoms with Crippen molar-refractivity contribution in [2.45, 2.75) is 126 Å². The average molecular weight is 476 g/mol. The van der Waals surface area contributed by atoms with E-state index >= 15 is 0 Å². The van der Waals surface area contributed by atoms with Crippen LogP contribution in [-0.2, 0) is 19.1 Å². The zero-order valence-corrected chi connectivity index (χ0v) is 23.4. The molecule has 2 rings (SSSR count). The molecule has 0 bridgehead atoms. The normalized spacial score (nSPS) is 26.1. The molecule has 0 atom stereocenters. The molecule has 0 saturated carbocycles. The first kappa shape index (κ1) is 29.3. The quantitative estimate of drug-likeness (QED) is 0.411. The summed E-state index contributed by atoms with van der Waals surface area (Å²) < 4.78 is 11.9. The van der Waals surface area contributed by atoms with Crippen LogP contribution in [0.25, 0.3) is 0 Å². The van der Waals surface area contributed by atoms with Crippen molar-refractivity contribution < 1.29 is 29.5 Å². The van der Waals surface area contributed by atoms with Gasteiger partial charge in [-0.05, 0) is 55.4 Å². The fraction of sp³-hybridized carbons (Fsp3) is 0.909. The topological polar surface area (TPSA) is 99.5 Å². The number of hydrogen-bond donors (Lipinski definition) is 2. The van der Waals surface area contributed by atoms with Crippen molar-refractivity contribution in [3.63, 3.8) is 0 Å². The summed E-state index contributed by atoms with van der Waals surface area (Å²) in [5.74, 6) is -0.911. The maximum Gasteiger partial charge on any atom is 0.296 e. The molecule has 0 unspecified atom stereocenters. The fourth-order valence-corrected chi connectivity index (χ4v) is 5.63. The van der Waals surface area contributed by atoms with E-state index in [1.165, 1.54) is 10.1 Å². The number of hydroxylamine groups is 4. The Labute approximate surface area is 209 Å². The molecule has 190 valence electrons. The van der Waals surface area contributed by atoms with Crippen LogP contribution in [0.1, 0.15) is 81.1 Å². The average Bonchev–Trinajstić information content (AvgIpc) is 2.62. The van der Waals surface area contributed by atoms with E-state index in [9.17, 15) is 20.0 Å². The first-order valence-electron chi connectivity index (χ1n) is 12.4. The predicted octanol–water partition coefficient (Wildman–Crippen LogP) is -0.341. The van der Waals surface area contributed by atoms with Gasteiger partial charge < -0.3 is 19.9 Å². The standard InChI is InChI=1S/C22H44B4N2O6/c1-17(2)9-13(10-18(3,4)27(17)31)33-15(29)21(23,24)22(25,26)16(30)34-14-11-19(5,6)28(32)20(7,8)12-14/h13-14,31-32H,9-12,23-26H2,1-8H3. The Hall–Kier alpha value is -0.960. The monoisotopic (exact) mass is 476 g/mol. The maximum atomic E-state index is 13.4. The van der Waals surface area contributed by atoms with Gasteiger partial charge in [0.2, 0.25) is 0 Å². The van der Waals surface area contributed by atoms with E-state index < -0.39 is 44.5 Å². The second kappa shape index (κ2) is 8.86. The molecule has 0 aromatic rings. The van der Waals surface area contributed by atoms with Gasteiger partial charge in [0.05, 0.1) is 0 Å². The number of piperidine rings is 2. The molecule has 34 heavy (non-hydrogen) atoms. The van der Waals surface area contributed by atoms with Gasteiger partial charge >= 0.3 is 0 Å². The van der Waals surface area contributed by atoms with E-state index in [1.54, 1.807) is 31.4 Å². The van der Waals surface area contributed by atoms with Gasteiger partial charge in [0.15, 0.2) is 0 Å². The highest BCUT2D eigenvalue weighted by atomic mass is 16.6. The van der Waals surface area contributed by atoms with E-state index in [4.69, 9.17) is 9.47 Å². The lowest BCUT2D eigenvalue weighted by Gasteiger charge is -2.52. The number of carbonyl (C=O) groups excluding carboxylic acids is 2. The van der Waals surface area contributed by atoms with Crippen molar-refractivity contribution >= 4 is 43.3 Å². The van der Waals surface area contributed by atoms with Crippen molar-refractivity contribution in [1.82, 2.24) is 10.1 Å². The summed E-state index contributed by atoms with van der Waals surface area (Å²) in [5.41, 5.74) is -2.20. The largest absolute Gasteiger partial charge is 0.463 e. The van der Waals surface area contributed by atoms with Gasteiger partial charge in [-0.1, -0.05) is 0 Å². The molecule has 2 fully saturated rings. The zero-order valence-electron chi connectivity index (χ0n) is 23.4. The maximum absolute atomic E-state index is 13.4. The molecule has 0 spiro atoms. The fourth-order valence-electron chi connectivity index (χ4n) is 5.63. The molecule has 12 heteroatoms. The van der Waals surface area contributed by atoms with Crippen molar-refractivity contribution in [3.05, 3.63) is 0 Å². The van der Waals surface area contributed by atoms with Crippen LogP contribution in [0.2, 0.25) is 10.4 Å². The van der Waals surface area contributed by atoms with Gasteiger partial charge in [-0.3, -0.25) is 9.59 Å². The van der Waals surface area contributed by atoms with E-state index in [0.717, 1.165) is 0 Å². The minimum absolute atomic E-state index is 0.373. The number of esters is 2. The summed E-state index contributed by atoms with van der Waals surface area (Å²) in [6, 6.07) is 0. The summed E-state index contributed by atoms with van der Waals surface area (Å²) in [5, 5.41) is 21.5. The van der Waals surface area contributed by atoms with Crippen molar-refractivity contribution in [1.29, 1.82) is 0 Å². The molecule has 2 N–H and O–H groups in total. The number of carbonyl (C=O) groups is 2. The Morgan fingerprint density at radius 2 is 0.853 bits per heavy atom. The molecule has 0 aliphatic carbocycles. The van der Waals surface area contributed by atoms with Crippen molar-refractivity contribution in [2.75, 3.05) is 0 Å². The Morgan fingerprint density at radius 1 is 0.647 bits per heavy atom. The van der Waals surface area contributed by atoms with Crippen LogP contribution in [0.3, 0.4) is 0 Å². The highest BCUT2D eigenvalue weighted by Gasteiger charge is 2.54. The molecule has 2 aliphatic rings. The molecular formula is C22H44B4N2O6. The molecule has 2 saturated heterocycles. The summed E-state index contributed by atoms with van der Waals surface area (Å²) in [4.78, 5) is 26.8. The van der Waals surface area contributed by atoms with Crippen molar-refractivity contribution in [3.8, 4) is 0 Å². The van der Waals surface area contributed by atoms with Gasteiger partial charge in [-0.25, -0.2) is 0 Å². The highest BCUT2D eigenvalue weighted by Crippen LogP contribution is 2.47. The van der Waals surface area contributed by atoms with Gasteiger partial charge in [0.25, 0.3) is 11.9 Å². The Morgan fingerprint density at radius 3 is 1.06 bits per heavy atom. The van der Waals surface area contributed by atoms with Gasteiger partial charge in [-0.15, -0.1) is 0 Å². The third kappa shape index (κ3) is 5.40. The smallest absolute Gasteiger partial charge is 0.296 e. The second-order valence-electron chi connectivity index (χ2n) is 14.0. The molecule has 8 nitrogen and oxygen atoms in total. The number of rotatable bonds is 5. The number of ether oxygens (including phenoxy) is 2. The molecule has 0 amide bonds. The predicted molar refractivity (Wildman–Crippen MR) is 141 cm³/mol. The van der Waals surface area contributed by atoms with E-state index in [0.29, 0.717) is 25.7 Å². The lowest BCUT2D eigenvalue weighted by atomic mass is 9.29. The lowest BCUT2D eigenvalue weighted by molar-refractivity contribution is -0.260. The summed E-state index contributed by atoms with van der Waals surface area (Å²) in [6.45, 7) is 15.3. The van der Waals surface area contributed by atoms with Crippen LogP contribution in [0.5, 0.6) is 0 Å². The Bertz CT molecular complexity index is 713. The molecule has 0 aromatic heterocycles. The lowest BCUT2D eigenvalue weighted by Crippen LogP contribution is -2.61. The first-order valence-corrected chi connectivity index (χ1v) is 12.4. The van der Waals surface area contributed by atoms with Crippen molar-refractivity contribution in [2.24, 2.45) is 0 Å². The summed E-state index contributed by atoms with van der Waals surface area (Å²) in [6.07, 6.45) is 1.21. The van der Waals surface area contributed by atoms with Gasteiger partial charge in [-0.2, -0.15) is 10.1 Å². The SMILES string of the molecule is BC(B)(C(=O)OC1CC(C)(C)N(O)C(C)(C)C1)C(B)(B)C(=O)OC1CC(C)(C)N(O)C(C)(C)C1. The van der Waals surface area contributed by atoms with Crippen LogP contribution >= 0.6 is 0 Å². The van der Waals surface area contributed by atoms with Crippen LogP contribution in [-0.4, -0.2) is 98.2 Å². The number of nitrogens with zero attached hydrogens (tertiary/aromatic N) is 2. The Kier molecular flexibility index (Phi) is 7.62. The first-order chi connectivity index (χ1) is 15.0. The van der Waals surface area contributed by atoms with Crippen LogP contribution < -0.4 is 0 Å². The van der Waals surface area contributed by atoms with E-state index in [2.05, 4.69) is 0 Å². The van der Waals surface area contributed by atoms with Crippen LogP contribution in [0, 0.1) is 0 Å². The van der Waals surface area contributed by atoms with Crippen LogP contribution in [0.15, 0.2) is 0 Å². The third-order valence-electron chi connectivity index (χ3n) is 8.33. The zero-order chi connectivity index (χ0) is 26.7. The minimum Gasteiger partial charge on any atom is -0.463 e. The molecular weight excluding hydrogens is 431 g/mol. The minimum atomic E-state index is -1.14. The van der Waals surface area contributed by atoms with Gasteiger partial charge in [0.1, 0.15) is 43.6 Å². The van der Waals surface area contributed by atoms with Gasteiger partial charge in [0, 0.05) is 58.3 Å². The summed E-state index contributed by atoms with van der Waals surface area (Å²) in [7, 11) is 6.88. The highest BCUT2D eigenvalue weighted by molar-refractivity contribution is 6.66. The molecule has 2 aliphatic heterocycles. The Balaban J connectivity index is 2.15. The molecule has 2 heterocycles. The molecule has 0 aromatic carbocycles. The number of hydrogen-bond acceptors (Lipinski definition) is 8. The van der Waals surface area contributed by atoms with E-state index in [1.807, 2.05) is 55.4 Å². The molecule has 0 radical (unpaired) electrons. The summed E-state index contributed by atoms with van der Waals surface area (Å²) >= 11 is 0. The van der Waals surface area contributed by atoms with E-state index in [-0.39, 0.29) is 12.2 Å².